The van der Waals surface area contributed by atoms with Gasteiger partial charge in [0.05, 0.1) is 17.5 Å². The molecule has 5 nitrogen and oxygen atoms in total. The van der Waals surface area contributed by atoms with Crippen molar-refractivity contribution < 1.29 is 13.2 Å². The lowest BCUT2D eigenvalue weighted by molar-refractivity contribution is 0.0200. The maximum Gasteiger partial charge on any atom is 0.241 e. The Bertz CT molecular complexity index is 626. The van der Waals surface area contributed by atoms with E-state index >= 15 is 0 Å². The van der Waals surface area contributed by atoms with E-state index in [4.69, 9.17) is 10.5 Å². The third-order valence-electron chi connectivity index (χ3n) is 3.28. The first kappa shape index (κ1) is 16.0. The first-order valence-corrected chi connectivity index (χ1v) is 8.51. The zero-order valence-electron chi connectivity index (χ0n) is 11.8. The highest BCUT2D eigenvalue weighted by atomic mass is 32.2. The fourth-order valence-corrected chi connectivity index (χ4v) is 3.43. The van der Waals surface area contributed by atoms with Crippen molar-refractivity contribution in [3.8, 4) is 11.8 Å². The molecule has 1 saturated heterocycles. The van der Waals surface area contributed by atoms with E-state index in [-0.39, 0.29) is 17.5 Å². The molecule has 114 valence electrons. The van der Waals surface area contributed by atoms with Crippen LogP contribution in [0.3, 0.4) is 0 Å². The Morgan fingerprint density at radius 1 is 1.33 bits per heavy atom. The van der Waals surface area contributed by atoms with Crippen molar-refractivity contribution in [3.63, 3.8) is 0 Å². The minimum absolute atomic E-state index is 0.0455. The zero-order valence-corrected chi connectivity index (χ0v) is 12.7. The maximum atomic E-state index is 12.4. The fraction of sp³-hybridized carbons (Fsp3) is 0.467. The minimum atomic E-state index is -3.59. The van der Waals surface area contributed by atoms with Gasteiger partial charge in [-0.3, -0.25) is 0 Å². The van der Waals surface area contributed by atoms with Crippen LogP contribution in [0.4, 0.5) is 0 Å². The summed E-state index contributed by atoms with van der Waals surface area (Å²) in [6.45, 7) is 1.18. The largest absolute Gasteiger partial charge is 0.377 e. The van der Waals surface area contributed by atoms with E-state index in [1.165, 1.54) is 0 Å². The van der Waals surface area contributed by atoms with Crippen LogP contribution in [0.5, 0.6) is 0 Å². The first-order chi connectivity index (χ1) is 10.1. The monoisotopic (exact) mass is 308 g/mol. The Morgan fingerprint density at radius 3 is 2.86 bits per heavy atom. The van der Waals surface area contributed by atoms with Crippen molar-refractivity contribution in [1.29, 1.82) is 0 Å². The molecule has 0 spiro atoms. The average molecular weight is 308 g/mol. The number of benzene rings is 1. The lowest BCUT2D eigenvalue weighted by Gasteiger charge is -2.22. The number of hydrogen-bond donors (Lipinski definition) is 2. The molecule has 6 heteroatoms. The molecule has 0 aliphatic carbocycles. The Hall–Kier alpha value is -1.39. The first-order valence-electron chi connectivity index (χ1n) is 7.03. The number of nitrogens with one attached hydrogen (secondary N) is 1. The highest BCUT2D eigenvalue weighted by Crippen LogP contribution is 2.16. The third kappa shape index (κ3) is 4.55. The molecular weight excluding hydrogens is 288 g/mol. The maximum absolute atomic E-state index is 12.4. The smallest absolute Gasteiger partial charge is 0.241 e. The molecule has 0 radical (unpaired) electrons. The van der Waals surface area contributed by atoms with Gasteiger partial charge in [-0.2, -0.15) is 0 Å². The Balaban J connectivity index is 2.11. The number of hydrogen-bond acceptors (Lipinski definition) is 4. The van der Waals surface area contributed by atoms with Crippen LogP contribution in [-0.4, -0.2) is 34.2 Å². The summed E-state index contributed by atoms with van der Waals surface area (Å²) < 4.78 is 32.9. The van der Waals surface area contributed by atoms with E-state index in [2.05, 4.69) is 16.6 Å². The summed E-state index contributed by atoms with van der Waals surface area (Å²) in [5, 5.41) is 0. The summed E-state index contributed by atoms with van der Waals surface area (Å²) in [5.41, 5.74) is 5.79. The minimum Gasteiger partial charge on any atom is -0.377 e. The van der Waals surface area contributed by atoms with Crippen LogP contribution < -0.4 is 10.5 Å². The van der Waals surface area contributed by atoms with Gasteiger partial charge in [-0.1, -0.05) is 24.0 Å². The summed E-state index contributed by atoms with van der Waals surface area (Å²) in [5.74, 6) is 5.47. The van der Waals surface area contributed by atoms with Crippen molar-refractivity contribution in [1.82, 2.24) is 4.72 Å². The molecule has 3 N–H and O–H groups in total. The quantitative estimate of drug-likeness (QED) is 0.808. The predicted octanol–water partition coefficient (Wildman–Crippen LogP) is 0.844. The van der Waals surface area contributed by atoms with Crippen LogP contribution >= 0.6 is 0 Å². The number of rotatable bonds is 4. The molecule has 21 heavy (non-hydrogen) atoms. The lowest BCUT2D eigenvalue weighted by atomic mass is 10.1. The molecule has 1 atom stereocenters. The van der Waals surface area contributed by atoms with E-state index < -0.39 is 10.0 Å². The topological polar surface area (TPSA) is 81.4 Å². The zero-order chi connectivity index (χ0) is 15.1. The van der Waals surface area contributed by atoms with E-state index in [9.17, 15) is 8.42 Å². The lowest BCUT2D eigenvalue weighted by Crippen LogP contribution is -2.35. The molecule has 0 amide bonds. The SMILES string of the molecule is NCC#Cc1ccccc1S(=O)(=O)NCC1CCCCO1. The number of ether oxygens (including phenoxy) is 1. The summed E-state index contributed by atoms with van der Waals surface area (Å²) in [4.78, 5) is 0.182. The van der Waals surface area contributed by atoms with Crippen molar-refractivity contribution >= 4 is 10.0 Å². The van der Waals surface area contributed by atoms with Gasteiger partial charge in [0.1, 0.15) is 0 Å². The third-order valence-corrected chi connectivity index (χ3v) is 4.76. The summed E-state index contributed by atoms with van der Waals surface area (Å²) in [7, 11) is -3.59. The van der Waals surface area contributed by atoms with Gasteiger partial charge in [0.15, 0.2) is 0 Å². The molecule has 2 rings (SSSR count). The summed E-state index contributed by atoms with van der Waals surface area (Å²) in [6, 6.07) is 6.65. The van der Waals surface area contributed by atoms with Gasteiger partial charge in [-0.15, -0.1) is 0 Å². The number of nitrogens with two attached hydrogens (primary N) is 1. The highest BCUT2D eigenvalue weighted by molar-refractivity contribution is 7.89. The van der Waals surface area contributed by atoms with Gasteiger partial charge >= 0.3 is 0 Å². The molecular formula is C15H20N2O3S. The Labute approximate surface area is 125 Å². The van der Waals surface area contributed by atoms with Crippen LogP contribution in [0.2, 0.25) is 0 Å². The fourth-order valence-electron chi connectivity index (χ4n) is 2.20. The average Bonchev–Trinajstić information content (AvgIpc) is 2.52. The summed E-state index contributed by atoms with van der Waals surface area (Å²) >= 11 is 0. The summed E-state index contributed by atoms with van der Waals surface area (Å²) in [6.07, 6.45) is 2.96. The molecule has 1 aliphatic rings. The van der Waals surface area contributed by atoms with Crippen LogP contribution in [0.15, 0.2) is 29.2 Å². The van der Waals surface area contributed by atoms with E-state index in [0.717, 1.165) is 19.3 Å². The molecule has 1 unspecified atom stereocenters. The standard InChI is InChI=1S/C15H20N2O3S/c16-10-5-7-13-6-1-2-9-15(13)21(18,19)17-12-14-8-3-4-11-20-14/h1-2,6,9,14,17H,3-4,8,10-12,16H2. The molecule has 1 aliphatic heterocycles. The van der Waals surface area contributed by atoms with Gasteiger partial charge in [0.25, 0.3) is 0 Å². The van der Waals surface area contributed by atoms with Crippen LogP contribution in [-0.2, 0) is 14.8 Å². The molecule has 0 bridgehead atoms. The van der Waals surface area contributed by atoms with E-state index in [1.807, 2.05) is 0 Å². The van der Waals surface area contributed by atoms with Crippen LogP contribution in [0.25, 0.3) is 0 Å². The van der Waals surface area contributed by atoms with Crippen LogP contribution in [0, 0.1) is 11.8 Å². The second kappa shape index (κ2) is 7.57. The van der Waals surface area contributed by atoms with Crippen molar-refractivity contribution in [2.75, 3.05) is 19.7 Å². The van der Waals surface area contributed by atoms with E-state index in [0.29, 0.717) is 18.7 Å². The second-order valence-corrected chi connectivity index (χ2v) is 6.58. The van der Waals surface area contributed by atoms with Crippen molar-refractivity contribution in [2.24, 2.45) is 5.73 Å². The van der Waals surface area contributed by atoms with Gasteiger partial charge in [-0.25, -0.2) is 13.1 Å². The normalized spacial score (nSPS) is 18.8. The number of sulfonamides is 1. The van der Waals surface area contributed by atoms with Gasteiger partial charge in [-0.05, 0) is 31.4 Å². The molecule has 1 aromatic rings. The molecule has 1 aromatic carbocycles. The van der Waals surface area contributed by atoms with Crippen LogP contribution in [0.1, 0.15) is 24.8 Å². The van der Waals surface area contributed by atoms with E-state index in [1.54, 1.807) is 24.3 Å². The Morgan fingerprint density at radius 2 is 2.14 bits per heavy atom. The highest BCUT2D eigenvalue weighted by Gasteiger charge is 2.20. The Kier molecular flexibility index (Phi) is 5.76. The van der Waals surface area contributed by atoms with Gasteiger partial charge in [0, 0.05) is 18.7 Å². The van der Waals surface area contributed by atoms with Gasteiger partial charge in [0.2, 0.25) is 10.0 Å². The van der Waals surface area contributed by atoms with Crippen molar-refractivity contribution in [3.05, 3.63) is 29.8 Å². The molecule has 1 heterocycles. The molecule has 1 fully saturated rings. The molecule has 0 aromatic heterocycles. The predicted molar refractivity (Wildman–Crippen MR) is 81.2 cm³/mol. The van der Waals surface area contributed by atoms with Gasteiger partial charge < -0.3 is 10.5 Å². The second-order valence-electron chi connectivity index (χ2n) is 4.84. The van der Waals surface area contributed by atoms with Crippen molar-refractivity contribution in [2.45, 2.75) is 30.3 Å². The molecule has 0 saturated carbocycles.